The van der Waals surface area contributed by atoms with Crippen LogP contribution in [0.25, 0.3) is 0 Å². The molecule has 0 radical (unpaired) electrons. The number of halogens is 1. The van der Waals surface area contributed by atoms with Crippen LogP contribution in [-0.4, -0.2) is 47.4 Å². The third-order valence-electron chi connectivity index (χ3n) is 4.45. The molecule has 3 rings (SSSR count). The maximum atomic E-state index is 12.4. The molecule has 2 aliphatic rings. The van der Waals surface area contributed by atoms with Crippen molar-refractivity contribution < 1.29 is 23.9 Å². The smallest absolute Gasteiger partial charge is 0.326 e. The van der Waals surface area contributed by atoms with E-state index in [1.807, 2.05) is 0 Å². The standard InChI is InChI=1S/C17H18ClN3O5/c1-17(10-5-6-10)15(24)21(16(25)20-17)8-14(23)26-9-13(22)19-12-4-2-3-11(18)7-12/h2-4,7,10H,5-6,8-9H2,1H3,(H,19,22)(H,20,25)/t17-/m0/s1. The Morgan fingerprint density at radius 1 is 1.38 bits per heavy atom. The summed E-state index contributed by atoms with van der Waals surface area (Å²) in [6, 6.07) is 5.89. The number of carbonyl (C=O) groups is 4. The number of imide groups is 1. The van der Waals surface area contributed by atoms with Crippen molar-refractivity contribution in [2.45, 2.75) is 25.3 Å². The first-order valence-corrected chi connectivity index (χ1v) is 8.52. The van der Waals surface area contributed by atoms with Gasteiger partial charge in [-0.1, -0.05) is 17.7 Å². The van der Waals surface area contributed by atoms with Crippen molar-refractivity contribution in [1.82, 2.24) is 10.2 Å². The summed E-state index contributed by atoms with van der Waals surface area (Å²) in [4.78, 5) is 48.9. The Morgan fingerprint density at radius 2 is 2.12 bits per heavy atom. The maximum Gasteiger partial charge on any atom is 0.326 e. The van der Waals surface area contributed by atoms with Gasteiger partial charge in [0.15, 0.2) is 6.61 Å². The molecule has 1 aliphatic heterocycles. The largest absolute Gasteiger partial charge is 0.454 e. The van der Waals surface area contributed by atoms with Crippen molar-refractivity contribution in [2.75, 3.05) is 18.5 Å². The minimum absolute atomic E-state index is 0.100. The number of hydrogen-bond acceptors (Lipinski definition) is 5. The van der Waals surface area contributed by atoms with Gasteiger partial charge in [0.1, 0.15) is 12.1 Å². The molecular formula is C17H18ClN3O5. The number of esters is 1. The number of rotatable bonds is 6. The zero-order valence-corrected chi connectivity index (χ0v) is 14.8. The van der Waals surface area contributed by atoms with Crippen LogP contribution in [0.5, 0.6) is 0 Å². The Hall–Kier alpha value is -2.61. The first-order chi connectivity index (χ1) is 12.3. The second-order valence-electron chi connectivity index (χ2n) is 6.52. The molecule has 1 aromatic rings. The lowest BCUT2D eigenvalue weighted by Gasteiger charge is -2.20. The predicted molar refractivity (Wildman–Crippen MR) is 92.4 cm³/mol. The fourth-order valence-corrected chi connectivity index (χ4v) is 3.07. The van der Waals surface area contributed by atoms with Gasteiger partial charge in [-0.3, -0.25) is 19.3 Å². The predicted octanol–water partition coefficient (Wildman–Crippen LogP) is 1.54. The summed E-state index contributed by atoms with van der Waals surface area (Å²) in [7, 11) is 0. The van der Waals surface area contributed by atoms with Crippen LogP contribution in [0.4, 0.5) is 10.5 Å². The van der Waals surface area contributed by atoms with Gasteiger partial charge in [0, 0.05) is 10.7 Å². The van der Waals surface area contributed by atoms with E-state index < -0.39 is 42.5 Å². The van der Waals surface area contributed by atoms with Gasteiger partial charge in [0.2, 0.25) is 0 Å². The molecule has 26 heavy (non-hydrogen) atoms. The van der Waals surface area contributed by atoms with Crippen LogP contribution in [-0.2, 0) is 19.1 Å². The number of amides is 4. The number of urea groups is 1. The van der Waals surface area contributed by atoms with E-state index >= 15 is 0 Å². The van der Waals surface area contributed by atoms with Crippen LogP contribution in [0.3, 0.4) is 0 Å². The molecule has 0 unspecified atom stereocenters. The lowest BCUT2D eigenvalue weighted by molar-refractivity contribution is -0.150. The summed E-state index contributed by atoms with van der Waals surface area (Å²) in [5.74, 6) is -1.73. The van der Waals surface area contributed by atoms with Crippen molar-refractivity contribution in [3.8, 4) is 0 Å². The monoisotopic (exact) mass is 379 g/mol. The minimum atomic E-state index is -0.957. The summed E-state index contributed by atoms with van der Waals surface area (Å²) < 4.78 is 4.85. The Labute approximate surface area is 154 Å². The van der Waals surface area contributed by atoms with E-state index in [0.29, 0.717) is 10.7 Å². The van der Waals surface area contributed by atoms with Crippen LogP contribution in [0.1, 0.15) is 19.8 Å². The lowest BCUT2D eigenvalue weighted by Crippen LogP contribution is -2.46. The topological polar surface area (TPSA) is 105 Å². The third kappa shape index (κ3) is 3.80. The molecule has 0 spiro atoms. The lowest BCUT2D eigenvalue weighted by atomic mass is 9.96. The Kier molecular flexibility index (Phi) is 4.86. The number of benzene rings is 1. The Bertz CT molecular complexity index is 779. The van der Waals surface area contributed by atoms with Gasteiger partial charge in [-0.2, -0.15) is 0 Å². The Morgan fingerprint density at radius 3 is 2.77 bits per heavy atom. The number of nitrogens with one attached hydrogen (secondary N) is 2. The molecule has 9 heteroatoms. The number of nitrogens with zero attached hydrogens (tertiary/aromatic N) is 1. The molecule has 1 aliphatic carbocycles. The van der Waals surface area contributed by atoms with E-state index in [-0.39, 0.29) is 5.92 Å². The summed E-state index contributed by atoms with van der Waals surface area (Å²) in [6.45, 7) is 0.598. The van der Waals surface area contributed by atoms with Gasteiger partial charge >= 0.3 is 12.0 Å². The number of anilines is 1. The molecule has 1 saturated carbocycles. The highest BCUT2D eigenvalue weighted by molar-refractivity contribution is 6.30. The summed E-state index contributed by atoms with van der Waals surface area (Å²) in [5.41, 5.74) is -0.491. The maximum absolute atomic E-state index is 12.4. The normalized spacial score (nSPS) is 22.2. The van der Waals surface area contributed by atoms with E-state index in [2.05, 4.69) is 10.6 Å². The van der Waals surface area contributed by atoms with E-state index in [0.717, 1.165) is 17.7 Å². The average molecular weight is 380 g/mol. The zero-order chi connectivity index (χ0) is 18.9. The highest BCUT2D eigenvalue weighted by Gasteiger charge is 2.56. The second-order valence-corrected chi connectivity index (χ2v) is 6.95. The van der Waals surface area contributed by atoms with E-state index in [1.165, 1.54) is 0 Å². The van der Waals surface area contributed by atoms with Crippen LogP contribution in [0.15, 0.2) is 24.3 Å². The van der Waals surface area contributed by atoms with Crippen molar-refractivity contribution >= 4 is 41.1 Å². The van der Waals surface area contributed by atoms with Crippen LogP contribution < -0.4 is 10.6 Å². The molecule has 8 nitrogen and oxygen atoms in total. The number of carbonyl (C=O) groups excluding carboxylic acids is 4. The molecule has 4 amide bonds. The molecule has 138 valence electrons. The van der Waals surface area contributed by atoms with Gasteiger partial charge in [-0.25, -0.2) is 4.79 Å². The van der Waals surface area contributed by atoms with Crippen LogP contribution in [0.2, 0.25) is 5.02 Å². The van der Waals surface area contributed by atoms with Crippen LogP contribution in [0, 0.1) is 5.92 Å². The van der Waals surface area contributed by atoms with Crippen LogP contribution >= 0.6 is 11.6 Å². The van der Waals surface area contributed by atoms with Crippen molar-refractivity contribution in [2.24, 2.45) is 5.92 Å². The summed E-state index contributed by atoms with van der Waals surface area (Å²) >= 11 is 5.82. The highest BCUT2D eigenvalue weighted by Crippen LogP contribution is 2.42. The van der Waals surface area contributed by atoms with Gasteiger partial charge in [0.25, 0.3) is 11.8 Å². The molecule has 1 atom stereocenters. The molecular weight excluding hydrogens is 362 g/mol. The first-order valence-electron chi connectivity index (χ1n) is 8.15. The van der Waals surface area contributed by atoms with Gasteiger partial charge < -0.3 is 15.4 Å². The van der Waals surface area contributed by atoms with E-state index in [9.17, 15) is 19.2 Å². The number of hydrogen-bond donors (Lipinski definition) is 2. The minimum Gasteiger partial charge on any atom is -0.454 e. The fraction of sp³-hybridized carbons (Fsp3) is 0.412. The van der Waals surface area contributed by atoms with Gasteiger partial charge in [-0.05, 0) is 43.9 Å². The zero-order valence-electron chi connectivity index (χ0n) is 14.1. The molecule has 1 aromatic carbocycles. The molecule has 1 heterocycles. The molecule has 1 saturated heterocycles. The van der Waals surface area contributed by atoms with Gasteiger partial charge in [0.05, 0.1) is 0 Å². The van der Waals surface area contributed by atoms with E-state index in [1.54, 1.807) is 31.2 Å². The second kappa shape index (κ2) is 6.95. The quantitative estimate of drug-likeness (QED) is 0.576. The van der Waals surface area contributed by atoms with Crippen molar-refractivity contribution in [3.63, 3.8) is 0 Å². The molecule has 2 N–H and O–H groups in total. The third-order valence-corrected chi connectivity index (χ3v) is 4.69. The molecule has 0 aromatic heterocycles. The molecule has 2 fully saturated rings. The fourth-order valence-electron chi connectivity index (χ4n) is 2.88. The number of ether oxygens (including phenoxy) is 1. The highest BCUT2D eigenvalue weighted by atomic mass is 35.5. The van der Waals surface area contributed by atoms with E-state index in [4.69, 9.17) is 16.3 Å². The van der Waals surface area contributed by atoms with Gasteiger partial charge in [-0.15, -0.1) is 0 Å². The van der Waals surface area contributed by atoms with Crippen molar-refractivity contribution in [3.05, 3.63) is 29.3 Å². The average Bonchev–Trinajstić information content (AvgIpc) is 3.39. The molecule has 0 bridgehead atoms. The SMILES string of the molecule is C[C@@]1(C2CC2)NC(=O)N(CC(=O)OCC(=O)Nc2cccc(Cl)c2)C1=O. The summed E-state index contributed by atoms with van der Waals surface area (Å²) in [5, 5.41) is 5.62. The van der Waals surface area contributed by atoms with Crippen molar-refractivity contribution in [1.29, 1.82) is 0 Å². The first kappa shape index (κ1) is 18.2. The summed E-state index contributed by atoms with van der Waals surface area (Å²) in [6.07, 6.45) is 1.73. The Balaban J connectivity index is 1.49.